The van der Waals surface area contributed by atoms with Crippen molar-refractivity contribution in [1.82, 2.24) is 0 Å². The molecule has 1 N–H and O–H groups in total. The van der Waals surface area contributed by atoms with Crippen LogP contribution in [-0.2, 0) is 9.59 Å². The van der Waals surface area contributed by atoms with Gasteiger partial charge in [0, 0.05) is 19.3 Å². The normalized spacial score (nSPS) is 26.3. The number of Topliss-reactive ketones (excluding diaryl/α,β-unsaturated/α-hetero) is 1. The molecule has 0 bridgehead atoms. The zero-order valence-corrected chi connectivity index (χ0v) is 9.11. The standard InChI is InChI=1S/C12H18O3/c1-2-3-4-5-9-6-11(13)7-10(9)8-12(14)15/h3-4,9-10H,2,5-8H2,1H3,(H,14,15). The maximum atomic E-state index is 11.3. The van der Waals surface area contributed by atoms with E-state index in [4.69, 9.17) is 5.11 Å². The Morgan fingerprint density at radius 3 is 2.67 bits per heavy atom. The monoisotopic (exact) mass is 210 g/mol. The number of carboxylic acid groups (broad SMARTS) is 1. The summed E-state index contributed by atoms with van der Waals surface area (Å²) < 4.78 is 0. The van der Waals surface area contributed by atoms with Gasteiger partial charge in [0.15, 0.2) is 0 Å². The average molecular weight is 210 g/mol. The summed E-state index contributed by atoms with van der Waals surface area (Å²) in [5.41, 5.74) is 0. The Morgan fingerprint density at radius 1 is 1.40 bits per heavy atom. The first-order valence-corrected chi connectivity index (χ1v) is 5.52. The van der Waals surface area contributed by atoms with E-state index in [0.717, 1.165) is 12.8 Å². The van der Waals surface area contributed by atoms with Gasteiger partial charge in [-0.15, -0.1) is 0 Å². The molecular weight excluding hydrogens is 192 g/mol. The fourth-order valence-electron chi connectivity index (χ4n) is 2.18. The molecule has 0 heterocycles. The quantitative estimate of drug-likeness (QED) is 0.709. The molecule has 0 spiro atoms. The largest absolute Gasteiger partial charge is 0.481 e. The van der Waals surface area contributed by atoms with Gasteiger partial charge < -0.3 is 5.11 Å². The number of rotatable bonds is 5. The van der Waals surface area contributed by atoms with Crippen LogP contribution < -0.4 is 0 Å². The molecule has 1 fully saturated rings. The summed E-state index contributed by atoms with van der Waals surface area (Å²) in [5, 5.41) is 8.72. The highest BCUT2D eigenvalue weighted by Crippen LogP contribution is 2.34. The number of carbonyl (C=O) groups is 2. The van der Waals surface area contributed by atoms with E-state index in [9.17, 15) is 9.59 Å². The van der Waals surface area contributed by atoms with Crippen LogP contribution >= 0.6 is 0 Å². The summed E-state index contributed by atoms with van der Waals surface area (Å²) in [6, 6.07) is 0. The van der Waals surface area contributed by atoms with Crippen LogP contribution in [-0.4, -0.2) is 16.9 Å². The third-order valence-electron chi connectivity index (χ3n) is 2.92. The van der Waals surface area contributed by atoms with Gasteiger partial charge in [0.1, 0.15) is 5.78 Å². The van der Waals surface area contributed by atoms with Crippen LogP contribution in [0.5, 0.6) is 0 Å². The summed E-state index contributed by atoms with van der Waals surface area (Å²) in [6.07, 6.45) is 7.12. The molecule has 0 amide bonds. The minimum absolute atomic E-state index is 0.0523. The minimum atomic E-state index is -0.792. The first kappa shape index (κ1) is 12.0. The lowest BCUT2D eigenvalue weighted by molar-refractivity contribution is -0.138. The van der Waals surface area contributed by atoms with E-state index in [0.29, 0.717) is 12.8 Å². The Bertz CT molecular complexity index is 268. The highest BCUT2D eigenvalue weighted by atomic mass is 16.4. The summed E-state index contributed by atoms with van der Waals surface area (Å²) in [4.78, 5) is 21.9. The number of hydrogen-bond acceptors (Lipinski definition) is 2. The molecule has 0 aromatic heterocycles. The first-order valence-electron chi connectivity index (χ1n) is 5.52. The van der Waals surface area contributed by atoms with E-state index in [-0.39, 0.29) is 24.0 Å². The van der Waals surface area contributed by atoms with Gasteiger partial charge in [0.05, 0.1) is 0 Å². The molecule has 1 aliphatic rings. The van der Waals surface area contributed by atoms with E-state index >= 15 is 0 Å². The van der Waals surface area contributed by atoms with Crippen LogP contribution in [0.4, 0.5) is 0 Å². The van der Waals surface area contributed by atoms with Gasteiger partial charge >= 0.3 is 5.97 Å². The predicted molar refractivity (Wildman–Crippen MR) is 57.5 cm³/mol. The van der Waals surface area contributed by atoms with Crippen molar-refractivity contribution in [3.8, 4) is 0 Å². The second kappa shape index (κ2) is 5.69. The topological polar surface area (TPSA) is 54.4 Å². The molecule has 3 heteroatoms. The third-order valence-corrected chi connectivity index (χ3v) is 2.92. The van der Waals surface area contributed by atoms with Gasteiger partial charge in [-0.25, -0.2) is 0 Å². The lowest BCUT2D eigenvalue weighted by atomic mass is 9.90. The fraction of sp³-hybridized carbons (Fsp3) is 0.667. The van der Waals surface area contributed by atoms with Gasteiger partial charge in [-0.05, 0) is 24.7 Å². The number of aliphatic carboxylic acids is 1. The van der Waals surface area contributed by atoms with Crippen molar-refractivity contribution >= 4 is 11.8 Å². The van der Waals surface area contributed by atoms with Gasteiger partial charge in [-0.2, -0.15) is 0 Å². The maximum Gasteiger partial charge on any atom is 0.303 e. The predicted octanol–water partition coefficient (Wildman–Crippen LogP) is 2.41. The first-order chi connectivity index (χ1) is 7.13. The van der Waals surface area contributed by atoms with E-state index in [2.05, 4.69) is 19.1 Å². The molecule has 1 rings (SSSR count). The lowest BCUT2D eigenvalue weighted by Gasteiger charge is -2.14. The van der Waals surface area contributed by atoms with Crippen LogP contribution in [0.15, 0.2) is 12.2 Å². The van der Waals surface area contributed by atoms with Crippen LogP contribution in [0.2, 0.25) is 0 Å². The Morgan fingerprint density at radius 2 is 2.07 bits per heavy atom. The number of carboxylic acids is 1. The summed E-state index contributed by atoms with van der Waals surface area (Å²) >= 11 is 0. The lowest BCUT2D eigenvalue weighted by Crippen LogP contribution is -2.12. The second-order valence-corrected chi connectivity index (χ2v) is 4.18. The molecule has 0 radical (unpaired) electrons. The van der Waals surface area contributed by atoms with E-state index in [1.165, 1.54) is 0 Å². The van der Waals surface area contributed by atoms with Crippen molar-refractivity contribution in [2.24, 2.45) is 11.8 Å². The van der Waals surface area contributed by atoms with Crippen molar-refractivity contribution < 1.29 is 14.7 Å². The Labute approximate surface area is 90.2 Å². The average Bonchev–Trinajstić information content (AvgIpc) is 2.46. The maximum absolute atomic E-state index is 11.3. The van der Waals surface area contributed by atoms with Gasteiger partial charge in [0.2, 0.25) is 0 Å². The SMILES string of the molecule is CCC=CCC1CC(=O)CC1CC(=O)O. The van der Waals surface area contributed by atoms with Gasteiger partial charge in [0.25, 0.3) is 0 Å². The van der Waals surface area contributed by atoms with Crippen LogP contribution in [0.3, 0.4) is 0 Å². The van der Waals surface area contributed by atoms with Crippen molar-refractivity contribution in [3.63, 3.8) is 0 Å². The van der Waals surface area contributed by atoms with Crippen LogP contribution in [0.1, 0.15) is 39.0 Å². The summed E-state index contributed by atoms with van der Waals surface area (Å²) in [5.74, 6) is -0.275. The van der Waals surface area contributed by atoms with E-state index in [1.807, 2.05) is 0 Å². The molecule has 0 aliphatic heterocycles. The fourth-order valence-corrected chi connectivity index (χ4v) is 2.18. The van der Waals surface area contributed by atoms with Gasteiger partial charge in [-0.3, -0.25) is 9.59 Å². The minimum Gasteiger partial charge on any atom is -0.481 e. The van der Waals surface area contributed by atoms with Crippen LogP contribution in [0.25, 0.3) is 0 Å². The molecule has 2 atom stereocenters. The number of ketones is 1. The molecule has 0 saturated heterocycles. The Kier molecular flexibility index (Phi) is 4.53. The molecular formula is C12H18O3. The van der Waals surface area contributed by atoms with Crippen LogP contribution in [0, 0.1) is 11.8 Å². The number of allylic oxidation sites excluding steroid dienone is 2. The third kappa shape index (κ3) is 3.86. The van der Waals surface area contributed by atoms with Gasteiger partial charge in [-0.1, -0.05) is 19.1 Å². The highest BCUT2D eigenvalue weighted by molar-refractivity contribution is 5.82. The Balaban J connectivity index is 2.48. The zero-order valence-electron chi connectivity index (χ0n) is 9.11. The Hall–Kier alpha value is -1.12. The highest BCUT2D eigenvalue weighted by Gasteiger charge is 2.33. The van der Waals surface area contributed by atoms with Crippen molar-refractivity contribution in [2.45, 2.75) is 39.0 Å². The molecule has 0 aromatic carbocycles. The molecule has 2 unspecified atom stereocenters. The summed E-state index contributed by atoms with van der Waals surface area (Å²) in [7, 11) is 0. The van der Waals surface area contributed by atoms with E-state index in [1.54, 1.807) is 0 Å². The zero-order chi connectivity index (χ0) is 11.3. The number of carbonyl (C=O) groups excluding carboxylic acids is 1. The molecule has 84 valence electrons. The second-order valence-electron chi connectivity index (χ2n) is 4.18. The molecule has 1 saturated carbocycles. The molecule has 0 aromatic rings. The summed E-state index contributed by atoms with van der Waals surface area (Å²) in [6.45, 7) is 2.06. The van der Waals surface area contributed by atoms with Crippen molar-refractivity contribution in [1.29, 1.82) is 0 Å². The van der Waals surface area contributed by atoms with Crippen molar-refractivity contribution in [2.75, 3.05) is 0 Å². The molecule has 15 heavy (non-hydrogen) atoms. The van der Waals surface area contributed by atoms with E-state index < -0.39 is 5.97 Å². The molecule has 3 nitrogen and oxygen atoms in total. The number of hydrogen-bond donors (Lipinski definition) is 1. The molecule has 1 aliphatic carbocycles. The smallest absolute Gasteiger partial charge is 0.303 e. The van der Waals surface area contributed by atoms with Crippen molar-refractivity contribution in [3.05, 3.63) is 12.2 Å².